The number of anilines is 1. The number of amides is 1. The fraction of sp³-hybridized carbons (Fsp3) is 0.667. The van der Waals surface area contributed by atoms with E-state index in [-0.39, 0.29) is 5.92 Å². The minimum Gasteiger partial charge on any atom is -0.368 e. The molecule has 0 saturated carbocycles. The molecule has 18 heavy (non-hydrogen) atoms. The average molecular weight is 251 g/mol. The Morgan fingerprint density at radius 1 is 1.22 bits per heavy atom. The molecule has 0 fully saturated rings. The molecule has 6 heteroatoms. The van der Waals surface area contributed by atoms with E-state index in [4.69, 9.17) is 5.73 Å². The van der Waals surface area contributed by atoms with Crippen molar-refractivity contribution in [2.75, 3.05) is 5.32 Å². The summed E-state index contributed by atoms with van der Waals surface area (Å²) < 4.78 is 0. The molecule has 1 rings (SSSR count). The van der Waals surface area contributed by atoms with Gasteiger partial charge in [-0.15, -0.1) is 5.10 Å². The van der Waals surface area contributed by atoms with Crippen LogP contribution >= 0.6 is 0 Å². The first-order valence-corrected chi connectivity index (χ1v) is 6.27. The summed E-state index contributed by atoms with van der Waals surface area (Å²) in [6.07, 6.45) is 1.59. The highest BCUT2D eigenvalue weighted by molar-refractivity contribution is 5.82. The number of aromatic nitrogens is 3. The minimum atomic E-state index is -0.482. The van der Waals surface area contributed by atoms with Crippen LogP contribution in [0.3, 0.4) is 0 Å². The molecule has 0 aliphatic carbocycles. The highest BCUT2D eigenvalue weighted by Gasteiger charge is 2.20. The molecule has 0 radical (unpaired) electrons. The molecule has 3 N–H and O–H groups in total. The Balaban J connectivity index is 2.93. The van der Waals surface area contributed by atoms with Crippen LogP contribution in [0.15, 0.2) is 0 Å². The molecule has 1 atom stereocenters. The lowest BCUT2D eigenvalue weighted by Gasteiger charge is -2.18. The molecule has 0 spiro atoms. The van der Waals surface area contributed by atoms with Crippen LogP contribution in [-0.4, -0.2) is 27.1 Å². The summed E-state index contributed by atoms with van der Waals surface area (Å²) in [5, 5.41) is 11.0. The van der Waals surface area contributed by atoms with Gasteiger partial charge in [0.05, 0.1) is 11.4 Å². The van der Waals surface area contributed by atoms with Gasteiger partial charge in [0.2, 0.25) is 11.9 Å². The standard InChI is InChI=1S/C12H21N5O/c1-5-8-9(6-2)16-17-12(14-8)15-10(7(3)4)11(13)18/h7,10H,5-6H2,1-4H3,(H2,13,18)(H,14,15,17). The number of nitrogens with one attached hydrogen (secondary N) is 1. The van der Waals surface area contributed by atoms with Gasteiger partial charge in [-0.3, -0.25) is 4.79 Å². The Morgan fingerprint density at radius 3 is 2.28 bits per heavy atom. The normalized spacial score (nSPS) is 12.5. The summed E-state index contributed by atoms with van der Waals surface area (Å²) in [5.74, 6) is 0.0230. The lowest BCUT2D eigenvalue weighted by Crippen LogP contribution is -2.40. The van der Waals surface area contributed by atoms with Gasteiger partial charge >= 0.3 is 0 Å². The molecule has 1 unspecified atom stereocenters. The molecule has 0 aliphatic rings. The molecule has 0 saturated heterocycles. The zero-order chi connectivity index (χ0) is 13.7. The van der Waals surface area contributed by atoms with Gasteiger partial charge < -0.3 is 11.1 Å². The van der Waals surface area contributed by atoms with E-state index in [1.807, 2.05) is 27.7 Å². The van der Waals surface area contributed by atoms with E-state index in [2.05, 4.69) is 20.5 Å². The number of rotatable bonds is 6. The van der Waals surface area contributed by atoms with Crippen molar-refractivity contribution in [2.24, 2.45) is 11.7 Å². The molecule has 6 nitrogen and oxygen atoms in total. The highest BCUT2D eigenvalue weighted by atomic mass is 16.1. The average Bonchev–Trinajstić information content (AvgIpc) is 2.34. The van der Waals surface area contributed by atoms with E-state index in [9.17, 15) is 4.79 Å². The quantitative estimate of drug-likeness (QED) is 0.784. The predicted octanol–water partition coefficient (Wildman–Crippen LogP) is 0.918. The number of carbonyl (C=O) groups excluding carboxylic acids is 1. The second-order valence-corrected chi connectivity index (χ2v) is 4.50. The lowest BCUT2D eigenvalue weighted by atomic mass is 10.0. The van der Waals surface area contributed by atoms with Crippen LogP contribution < -0.4 is 11.1 Å². The monoisotopic (exact) mass is 251 g/mol. The van der Waals surface area contributed by atoms with Crippen molar-refractivity contribution in [1.82, 2.24) is 15.2 Å². The zero-order valence-electron chi connectivity index (χ0n) is 11.4. The number of hydrogen-bond donors (Lipinski definition) is 2. The molecule has 1 aromatic rings. The van der Waals surface area contributed by atoms with Crippen molar-refractivity contribution in [2.45, 2.75) is 46.6 Å². The molecule has 1 amide bonds. The first-order valence-electron chi connectivity index (χ1n) is 6.27. The summed E-state index contributed by atoms with van der Waals surface area (Å²) in [4.78, 5) is 15.7. The predicted molar refractivity (Wildman–Crippen MR) is 70.0 cm³/mol. The van der Waals surface area contributed by atoms with Gasteiger partial charge in [-0.2, -0.15) is 5.10 Å². The van der Waals surface area contributed by atoms with E-state index >= 15 is 0 Å². The van der Waals surface area contributed by atoms with Crippen LogP contribution in [-0.2, 0) is 17.6 Å². The maximum absolute atomic E-state index is 11.3. The first kappa shape index (κ1) is 14.3. The third kappa shape index (κ3) is 3.38. The van der Waals surface area contributed by atoms with Crippen LogP contribution in [0.4, 0.5) is 5.95 Å². The second-order valence-electron chi connectivity index (χ2n) is 4.50. The zero-order valence-corrected chi connectivity index (χ0v) is 11.4. The third-order valence-corrected chi connectivity index (χ3v) is 2.77. The van der Waals surface area contributed by atoms with Crippen molar-refractivity contribution in [3.63, 3.8) is 0 Å². The third-order valence-electron chi connectivity index (χ3n) is 2.77. The Kier molecular flexibility index (Phi) is 5.00. The Hall–Kier alpha value is -1.72. The van der Waals surface area contributed by atoms with E-state index in [1.54, 1.807) is 0 Å². The molecule has 0 bridgehead atoms. The van der Waals surface area contributed by atoms with Crippen molar-refractivity contribution in [3.8, 4) is 0 Å². The second kappa shape index (κ2) is 6.28. The number of nitrogens with zero attached hydrogens (tertiary/aromatic N) is 3. The van der Waals surface area contributed by atoms with Crippen molar-refractivity contribution in [3.05, 3.63) is 11.4 Å². The number of hydrogen-bond acceptors (Lipinski definition) is 5. The minimum absolute atomic E-state index is 0.0713. The number of aryl methyl sites for hydroxylation is 2. The van der Waals surface area contributed by atoms with Crippen molar-refractivity contribution in [1.29, 1.82) is 0 Å². The van der Waals surface area contributed by atoms with E-state index in [0.29, 0.717) is 5.95 Å². The largest absolute Gasteiger partial charge is 0.368 e. The van der Waals surface area contributed by atoms with Crippen LogP contribution in [0.2, 0.25) is 0 Å². The van der Waals surface area contributed by atoms with Gasteiger partial charge in [0, 0.05) is 0 Å². The van der Waals surface area contributed by atoms with Gasteiger partial charge in [0.15, 0.2) is 0 Å². The van der Waals surface area contributed by atoms with E-state index in [0.717, 1.165) is 24.2 Å². The fourth-order valence-corrected chi connectivity index (χ4v) is 1.70. The summed E-state index contributed by atoms with van der Waals surface area (Å²) >= 11 is 0. The number of nitrogens with two attached hydrogens (primary N) is 1. The Labute approximate surface area is 107 Å². The summed E-state index contributed by atoms with van der Waals surface area (Å²) in [6, 6.07) is -0.482. The maximum Gasteiger partial charge on any atom is 0.243 e. The molecular formula is C12H21N5O. The topological polar surface area (TPSA) is 93.8 Å². The van der Waals surface area contributed by atoms with Gasteiger partial charge in [-0.25, -0.2) is 4.98 Å². The first-order chi connectivity index (χ1) is 8.49. The van der Waals surface area contributed by atoms with Gasteiger partial charge in [0.25, 0.3) is 0 Å². The SMILES string of the molecule is CCc1nnc(NC(C(N)=O)C(C)C)nc1CC. The maximum atomic E-state index is 11.3. The van der Waals surface area contributed by atoms with Crippen LogP contribution in [0.25, 0.3) is 0 Å². The van der Waals surface area contributed by atoms with Gasteiger partial charge in [-0.1, -0.05) is 27.7 Å². The Morgan fingerprint density at radius 2 is 1.83 bits per heavy atom. The Bertz CT molecular complexity index is 419. The van der Waals surface area contributed by atoms with E-state index in [1.165, 1.54) is 0 Å². The number of primary amides is 1. The fourth-order valence-electron chi connectivity index (χ4n) is 1.70. The number of carbonyl (C=O) groups is 1. The molecule has 1 aromatic heterocycles. The van der Waals surface area contributed by atoms with E-state index < -0.39 is 11.9 Å². The van der Waals surface area contributed by atoms with Crippen LogP contribution in [0.5, 0.6) is 0 Å². The van der Waals surface area contributed by atoms with Gasteiger partial charge in [-0.05, 0) is 18.8 Å². The summed E-state index contributed by atoms with van der Waals surface area (Å²) in [6.45, 7) is 7.85. The summed E-state index contributed by atoms with van der Waals surface area (Å²) in [7, 11) is 0. The summed E-state index contributed by atoms with van der Waals surface area (Å²) in [5.41, 5.74) is 7.13. The van der Waals surface area contributed by atoms with Crippen molar-refractivity contribution >= 4 is 11.9 Å². The molecule has 0 aliphatic heterocycles. The highest BCUT2D eigenvalue weighted by Crippen LogP contribution is 2.10. The van der Waals surface area contributed by atoms with Crippen LogP contribution in [0, 0.1) is 5.92 Å². The molecule has 1 heterocycles. The van der Waals surface area contributed by atoms with Crippen molar-refractivity contribution < 1.29 is 4.79 Å². The smallest absolute Gasteiger partial charge is 0.243 e. The lowest BCUT2D eigenvalue weighted by molar-refractivity contribution is -0.119. The van der Waals surface area contributed by atoms with Gasteiger partial charge in [0.1, 0.15) is 6.04 Å². The molecular weight excluding hydrogens is 230 g/mol. The molecule has 0 aromatic carbocycles. The molecule has 100 valence electrons. The van der Waals surface area contributed by atoms with Crippen LogP contribution in [0.1, 0.15) is 39.1 Å².